The molecule has 0 atom stereocenters. The lowest BCUT2D eigenvalue weighted by Crippen LogP contribution is -2.16. The third-order valence-electron chi connectivity index (χ3n) is 7.98. The van der Waals surface area contributed by atoms with E-state index in [1.54, 1.807) is 0 Å². The van der Waals surface area contributed by atoms with Gasteiger partial charge in [0.2, 0.25) is 0 Å². The summed E-state index contributed by atoms with van der Waals surface area (Å²) in [5.41, 5.74) is 8.83. The molecule has 0 aliphatic heterocycles. The standard InChI is InChI=1S/C39H49N2P/c1-27(2)34-22-16-23-35(28(3)4)38(34)40-31(9)26-42(32-18-12-10-13-19-32,33-20-14-11-15-21-33)41-39-36(29(5)6)24-17-25-37(39)30(7)8/h10-30,40H,1-9H3. The molecule has 4 aromatic carbocycles. The highest BCUT2D eigenvalue weighted by Crippen LogP contribution is 2.54. The monoisotopic (exact) mass is 576 g/mol. The fraction of sp³-hybridized carbons (Fsp3) is 0.333. The summed E-state index contributed by atoms with van der Waals surface area (Å²) in [7, 11) is -2.43. The molecule has 0 unspecified atom stereocenters. The number of hydrogen-bond donors (Lipinski definition) is 1. The van der Waals surface area contributed by atoms with Gasteiger partial charge in [0.1, 0.15) is 0 Å². The molecule has 0 aliphatic rings. The molecule has 42 heavy (non-hydrogen) atoms. The summed E-state index contributed by atoms with van der Waals surface area (Å²) in [5.74, 6) is 4.02. The molecule has 0 saturated heterocycles. The fourth-order valence-electron chi connectivity index (χ4n) is 5.74. The number of hydrogen-bond acceptors (Lipinski definition) is 2. The summed E-state index contributed by atoms with van der Waals surface area (Å²) in [6, 6.07) is 35.4. The zero-order valence-electron chi connectivity index (χ0n) is 27.0. The van der Waals surface area contributed by atoms with Gasteiger partial charge in [-0.15, -0.1) is 0 Å². The lowest BCUT2D eigenvalue weighted by molar-refractivity contribution is 0.835. The van der Waals surface area contributed by atoms with Crippen molar-refractivity contribution in [3.63, 3.8) is 0 Å². The van der Waals surface area contributed by atoms with E-state index in [0.29, 0.717) is 23.7 Å². The Kier molecular flexibility index (Phi) is 10.3. The van der Waals surface area contributed by atoms with Crippen molar-refractivity contribution in [2.75, 3.05) is 5.32 Å². The van der Waals surface area contributed by atoms with Crippen LogP contribution < -0.4 is 15.9 Å². The van der Waals surface area contributed by atoms with Crippen LogP contribution in [-0.4, -0.2) is 0 Å². The minimum atomic E-state index is -2.43. The van der Waals surface area contributed by atoms with Gasteiger partial charge in [-0.2, -0.15) is 0 Å². The summed E-state index contributed by atoms with van der Waals surface area (Å²) in [6.07, 6.45) is 0. The summed E-state index contributed by atoms with van der Waals surface area (Å²) in [4.78, 5) is 0. The highest BCUT2D eigenvalue weighted by atomic mass is 31.2. The van der Waals surface area contributed by atoms with E-state index >= 15 is 0 Å². The molecule has 0 amide bonds. The van der Waals surface area contributed by atoms with Crippen LogP contribution in [0.1, 0.15) is 108 Å². The van der Waals surface area contributed by atoms with Gasteiger partial charge in [0.05, 0.1) is 12.7 Å². The first-order chi connectivity index (χ1) is 20.0. The van der Waals surface area contributed by atoms with Crippen molar-refractivity contribution in [3.05, 3.63) is 131 Å². The Bertz CT molecular complexity index is 1470. The van der Waals surface area contributed by atoms with Crippen molar-refractivity contribution in [2.24, 2.45) is 4.74 Å². The molecule has 4 aromatic rings. The van der Waals surface area contributed by atoms with E-state index in [4.69, 9.17) is 4.74 Å². The van der Waals surface area contributed by atoms with E-state index in [9.17, 15) is 0 Å². The number of nitrogens with one attached hydrogen (secondary N) is 1. The summed E-state index contributed by atoms with van der Waals surface area (Å²) in [5, 5.41) is 6.44. The van der Waals surface area contributed by atoms with Crippen molar-refractivity contribution >= 4 is 29.0 Å². The molecule has 0 aliphatic carbocycles. The minimum Gasteiger partial charge on any atom is -0.359 e. The maximum Gasteiger partial charge on any atom is 0.0694 e. The number of rotatable bonds is 10. The Hall–Kier alpha value is -3.35. The minimum absolute atomic E-state index is 0.366. The molecular formula is C39H49N2P. The van der Waals surface area contributed by atoms with E-state index in [0.717, 1.165) is 11.4 Å². The van der Waals surface area contributed by atoms with Gasteiger partial charge in [0.25, 0.3) is 0 Å². The third kappa shape index (κ3) is 6.82. The Morgan fingerprint density at radius 2 is 0.929 bits per heavy atom. The predicted molar refractivity (Wildman–Crippen MR) is 188 cm³/mol. The number of allylic oxidation sites excluding steroid dienone is 1. The van der Waals surface area contributed by atoms with Crippen LogP contribution >= 0.6 is 7.05 Å². The number of para-hydroxylation sites is 1. The van der Waals surface area contributed by atoms with Crippen molar-refractivity contribution in [2.45, 2.75) is 86.0 Å². The molecule has 0 aromatic heterocycles. The van der Waals surface area contributed by atoms with Gasteiger partial charge in [-0.05, 0) is 58.7 Å². The van der Waals surface area contributed by atoms with Crippen LogP contribution in [0, 0.1) is 0 Å². The predicted octanol–water partition coefficient (Wildman–Crippen LogP) is 11.6. The van der Waals surface area contributed by atoms with E-state index in [2.05, 4.69) is 171 Å². The van der Waals surface area contributed by atoms with E-state index in [1.165, 1.54) is 38.6 Å². The van der Waals surface area contributed by atoms with Crippen LogP contribution in [-0.2, 0) is 0 Å². The average molecular weight is 577 g/mol. The third-order valence-corrected chi connectivity index (χ3v) is 11.4. The molecule has 0 fully saturated rings. The van der Waals surface area contributed by atoms with Gasteiger partial charge >= 0.3 is 0 Å². The van der Waals surface area contributed by atoms with Crippen molar-refractivity contribution in [1.29, 1.82) is 0 Å². The van der Waals surface area contributed by atoms with Gasteiger partial charge in [-0.25, -0.2) is 0 Å². The lowest BCUT2D eigenvalue weighted by atomic mass is 9.92. The highest BCUT2D eigenvalue weighted by Gasteiger charge is 2.26. The summed E-state index contributed by atoms with van der Waals surface area (Å²) < 4.78 is 5.96. The topological polar surface area (TPSA) is 24.4 Å². The van der Waals surface area contributed by atoms with Gasteiger partial charge in [0.15, 0.2) is 0 Å². The largest absolute Gasteiger partial charge is 0.359 e. The van der Waals surface area contributed by atoms with Gasteiger partial charge in [0, 0.05) is 22.0 Å². The zero-order chi connectivity index (χ0) is 30.4. The highest BCUT2D eigenvalue weighted by molar-refractivity contribution is 7.83. The summed E-state index contributed by atoms with van der Waals surface area (Å²) in [6.45, 7) is 20.5. The molecule has 0 heterocycles. The van der Waals surface area contributed by atoms with Crippen molar-refractivity contribution < 1.29 is 0 Å². The van der Waals surface area contributed by atoms with Crippen LogP contribution in [0.5, 0.6) is 0 Å². The molecule has 4 rings (SSSR count). The van der Waals surface area contributed by atoms with Crippen molar-refractivity contribution in [1.82, 2.24) is 0 Å². The smallest absolute Gasteiger partial charge is 0.0694 e. The molecule has 2 nitrogen and oxygen atoms in total. The molecule has 3 heteroatoms. The van der Waals surface area contributed by atoms with Crippen LogP contribution in [0.15, 0.2) is 113 Å². The normalized spacial score (nSPS) is 12.5. The van der Waals surface area contributed by atoms with Gasteiger partial charge < -0.3 is 5.32 Å². The maximum absolute atomic E-state index is 5.96. The second-order valence-corrected chi connectivity index (χ2v) is 15.5. The second kappa shape index (κ2) is 13.7. The number of benzene rings is 4. The van der Waals surface area contributed by atoms with E-state index < -0.39 is 7.05 Å². The molecule has 220 valence electrons. The summed E-state index contributed by atoms with van der Waals surface area (Å²) >= 11 is 0. The van der Waals surface area contributed by atoms with Crippen LogP contribution in [0.2, 0.25) is 0 Å². The van der Waals surface area contributed by atoms with Gasteiger partial charge in [-0.1, -0.05) is 152 Å². The SMILES string of the molecule is CC(=CP(=Nc1c(C(C)C)cccc1C(C)C)(c1ccccc1)c1ccccc1)Nc1c(C(C)C)cccc1C(C)C. The molecular weight excluding hydrogens is 527 g/mol. The number of nitrogens with zero attached hydrogens (tertiary/aromatic N) is 1. The zero-order valence-corrected chi connectivity index (χ0v) is 27.9. The Morgan fingerprint density at radius 1 is 0.548 bits per heavy atom. The van der Waals surface area contributed by atoms with Gasteiger partial charge in [-0.3, -0.25) is 4.74 Å². The van der Waals surface area contributed by atoms with E-state index in [-0.39, 0.29) is 0 Å². The molecule has 1 N–H and O–H groups in total. The Labute approximate surface area is 255 Å². The molecule has 0 spiro atoms. The second-order valence-electron chi connectivity index (χ2n) is 12.6. The van der Waals surface area contributed by atoms with Crippen LogP contribution in [0.25, 0.3) is 0 Å². The molecule has 0 bridgehead atoms. The first-order valence-electron chi connectivity index (χ1n) is 15.5. The average Bonchev–Trinajstić information content (AvgIpc) is 2.97. The van der Waals surface area contributed by atoms with Crippen LogP contribution in [0.4, 0.5) is 11.4 Å². The quantitative estimate of drug-likeness (QED) is 0.187. The first kappa shape index (κ1) is 31.6. The van der Waals surface area contributed by atoms with E-state index in [1.807, 2.05) is 0 Å². The van der Waals surface area contributed by atoms with Crippen LogP contribution in [0.3, 0.4) is 0 Å². The molecule has 0 radical (unpaired) electrons. The Balaban J connectivity index is 2.10. The maximum atomic E-state index is 5.96. The Morgan fingerprint density at radius 3 is 1.31 bits per heavy atom. The van der Waals surface area contributed by atoms with Crippen molar-refractivity contribution in [3.8, 4) is 0 Å². The first-order valence-corrected chi connectivity index (χ1v) is 17.3. The molecule has 0 saturated carbocycles. The lowest BCUT2D eigenvalue weighted by Gasteiger charge is -2.27. The fourth-order valence-corrected chi connectivity index (χ4v) is 9.05. The number of anilines is 1.